The summed E-state index contributed by atoms with van der Waals surface area (Å²) in [5.74, 6) is 0.0265. The molecule has 1 unspecified atom stereocenters. The molecule has 2 amide bonds. The molecule has 168 valence electrons. The number of benzene rings is 3. The maximum atomic E-state index is 12.8. The summed E-state index contributed by atoms with van der Waals surface area (Å²) >= 11 is 0. The van der Waals surface area contributed by atoms with E-state index in [-0.39, 0.29) is 36.5 Å². The van der Waals surface area contributed by atoms with Crippen LogP contribution in [0.4, 0.5) is 5.69 Å². The number of hydrogen-bond acceptors (Lipinski definition) is 4. The number of hydrogen-bond donors (Lipinski definition) is 1. The Hall–Kier alpha value is -3.93. The van der Waals surface area contributed by atoms with E-state index in [2.05, 4.69) is 5.32 Å². The van der Waals surface area contributed by atoms with Crippen molar-refractivity contribution in [3.63, 3.8) is 0 Å². The predicted octanol–water partition coefficient (Wildman–Crippen LogP) is 4.30. The molecule has 0 saturated heterocycles. The summed E-state index contributed by atoms with van der Waals surface area (Å²) in [5, 5.41) is 3.06. The molecular formula is C27H26N2O4. The number of ketones is 1. The van der Waals surface area contributed by atoms with E-state index in [1.165, 1.54) is 4.90 Å². The normalized spacial score (nSPS) is 15.1. The van der Waals surface area contributed by atoms with Crippen LogP contribution >= 0.6 is 0 Å². The Kier molecular flexibility index (Phi) is 6.54. The lowest BCUT2D eigenvalue weighted by Crippen LogP contribution is -2.42. The zero-order valence-corrected chi connectivity index (χ0v) is 18.7. The molecule has 1 aliphatic heterocycles. The van der Waals surface area contributed by atoms with Crippen LogP contribution in [-0.4, -0.2) is 30.7 Å². The molecule has 0 radical (unpaired) electrons. The van der Waals surface area contributed by atoms with Gasteiger partial charge in [-0.25, -0.2) is 0 Å². The number of nitrogens with zero attached hydrogens (tertiary/aromatic N) is 1. The number of nitrogens with one attached hydrogen (secondary N) is 1. The van der Waals surface area contributed by atoms with Gasteiger partial charge >= 0.3 is 0 Å². The molecule has 3 aromatic carbocycles. The molecule has 6 heteroatoms. The van der Waals surface area contributed by atoms with Gasteiger partial charge < -0.3 is 15.0 Å². The predicted molar refractivity (Wildman–Crippen MR) is 126 cm³/mol. The molecule has 1 heterocycles. The molecule has 3 aromatic rings. The van der Waals surface area contributed by atoms with Crippen molar-refractivity contribution < 1.29 is 19.1 Å². The molecule has 0 aromatic heterocycles. The topological polar surface area (TPSA) is 75.7 Å². The zero-order chi connectivity index (χ0) is 23.4. The van der Waals surface area contributed by atoms with E-state index in [9.17, 15) is 14.4 Å². The average molecular weight is 443 g/mol. The van der Waals surface area contributed by atoms with Gasteiger partial charge in [0.25, 0.3) is 5.91 Å². The molecule has 0 spiro atoms. The fourth-order valence-electron chi connectivity index (χ4n) is 3.94. The summed E-state index contributed by atoms with van der Waals surface area (Å²) in [6.07, 6.45) is -0.431. The molecule has 4 rings (SSSR count). The minimum atomic E-state index is -0.560. The van der Waals surface area contributed by atoms with Crippen LogP contribution in [0, 0.1) is 0 Å². The van der Waals surface area contributed by atoms with E-state index in [1.54, 1.807) is 32.2 Å². The Labute approximate surface area is 193 Å². The van der Waals surface area contributed by atoms with E-state index in [0.29, 0.717) is 17.0 Å². The molecule has 33 heavy (non-hydrogen) atoms. The van der Waals surface area contributed by atoms with Crippen LogP contribution in [0.15, 0.2) is 78.9 Å². The summed E-state index contributed by atoms with van der Waals surface area (Å²) in [6.45, 7) is 1.69. The summed E-state index contributed by atoms with van der Waals surface area (Å²) in [5.41, 5.74) is 2.95. The second-order valence-corrected chi connectivity index (χ2v) is 8.08. The van der Waals surface area contributed by atoms with Crippen LogP contribution in [0.1, 0.15) is 47.3 Å². The van der Waals surface area contributed by atoms with Crippen molar-refractivity contribution in [2.45, 2.75) is 31.9 Å². The highest BCUT2D eigenvalue weighted by Gasteiger charge is 2.29. The van der Waals surface area contributed by atoms with Gasteiger partial charge in [0.2, 0.25) is 5.91 Å². The van der Waals surface area contributed by atoms with Gasteiger partial charge in [-0.1, -0.05) is 60.7 Å². The van der Waals surface area contributed by atoms with E-state index in [4.69, 9.17) is 4.74 Å². The standard InChI is InChI=1S/C27H26N2O4/c1-18-27(32)29(2)22-17-21(13-15-24(22)33-18)23(30)14-16-25(31)28-26(19-9-5-3-6-10-19)20-11-7-4-8-12-20/h3-13,15,17-18,26H,14,16H2,1-2H3,(H,28,31). The maximum Gasteiger partial charge on any atom is 0.267 e. The SMILES string of the molecule is CC1Oc2ccc(C(=O)CCC(=O)NC(c3ccccc3)c3ccccc3)cc2N(C)C1=O. The van der Waals surface area contributed by atoms with Crippen LogP contribution < -0.4 is 15.0 Å². The Bertz CT molecular complexity index is 1120. The van der Waals surface area contributed by atoms with Crippen LogP contribution in [0.3, 0.4) is 0 Å². The molecule has 1 aliphatic rings. The van der Waals surface area contributed by atoms with Gasteiger partial charge in [0.1, 0.15) is 5.75 Å². The number of likely N-dealkylation sites (N-methyl/N-ethyl adjacent to an activating group) is 1. The van der Waals surface area contributed by atoms with Gasteiger partial charge in [-0.15, -0.1) is 0 Å². The van der Waals surface area contributed by atoms with Crippen LogP contribution in [0.2, 0.25) is 0 Å². The third-order valence-corrected chi connectivity index (χ3v) is 5.77. The highest BCUT2D eigenvalue weighted by molar-refractivity contribution is 6.03. The number of fused-ring (bicyclic) bond motifs is 1. The van der Waals surface area contributed by atoms with Gasteiger partial charge in [-0.2, -0.15) is 0 Å². The van der Waals surface area contributed by atoms with Gasteiger partial charge in [-0.05, 0) is 36.2 Å². The fourth-order valence-corrected chi connectivity index (χ4v) is 3.94. The highest BCUT2D eigenvalue weighted by Crippen LogP contribution is 2.34. The van der Waals surface area contributed by atoms with Gasteiger partial charge in [-0.3, -0.25) is 14.4 Å². The zero-order valence-electron chi connectivity index (χ0n) is 18.7. The minimum absolute atomic E-state index is 0.0639. The summed E-state index contributed by atoms with van der Waals surface area (Å²) in [7, 11) is 1.66. The third kappa shape index (κ3) is 4.95. The van der Waals surface area contributed by atoms with E-state index < -0.39 is 6.10 Å². The van der Waals surface area contributed by atoms with E-state index >= 15 is 0 Å². The van der Waals surface area contributed by atoms with Gasteiger partial charge in [0, 0.05) is 25.5 Å². The largest absolute Gasteiger partial charge is 0.479 e. The minimum Gasteiger partial charge on any atom is -0.479 e. The second-order valence-electron chi connectivity index (χ2n) is 8.08. The highest BCUT2D eigenvalue weighted by atomic mass is 16.5. The molecule has 0 aliphatic carbocycles. The summed E-state index contributed by atoms with van der Waals surface area (Å²) in [4.78, 5) is 39.2. The Balaban J connectivity index is 1.43. The number of carbonyl (C=O) groups is 3. The molecular weight excluding hydrogens is 416 g/mol. The first-order chi connectivity index (χ1) is 15.9. The Morgan fingerprint density at radius 2 is 1.55 bits per heavy atom. The Morgan fingerprint density at radius 1 is 0.939 bits per heavy atom. The third-order valence-electron chi connectivity index (χ3n) is 5.77. The van der Waals surface area contributed by atoms with E-state index in [0.717, 1.165) is 11.1 Å². The van der Waals surface area contributed by atoms with Crippen molar-refractivity contribution in [3.05, 3.63) is 95.6 Å². The van der Waals surface area contributed by atoms with Crippen molar-refractivity contribution in [1.82, 2.24) is 5.32 Å². The van der Waals surface area contributed by atoms with Crippen LogP contribution in [0.25, 0.3) is 0 Å². The quantitative estimate of drug-likeness (QED) is 0.554. The summed E-state index contributed by atoms with van der Waals surface area (Å²) in [6, 6.07) is 24.2. The van der Waals surface area contributed by atoms with Crippen molar-refractivity contribution >= 4 is 23.3 Å². The average Bonchev–Trinajstić information content (AvgIpc) is 2.85. The van der Waals surface area contributed by atoms with Crippen molar-refractivity contribution in [2.24, 2.45) is 0 Å². The van der Waals surface area contributed by atoms with Crippen molar-refractivity contribution in [2.75, 3.05) is 11.9 Å². The molecule has 0 fully saturated rings. The lowest BCUT2D eigenvalue weighted by atomic mass is 9.98. The monoisotopic (exact) mass is 442 g/mol. The lowest BCUT2D eigenvalue weighted by Gasteiger charge is -2.30. The first-order valence-electron chi connectivity index (χ1n) is 10.9. The number of amides is 2. The first-order valence-corrected chi connectivity index (χ1v) is 10.9. The number of carbonyl (C=O) groups excluding carboxylic acids is 3. The van der Waals surface area contributed by atoms with Crippen LogP contribution in [-0.2, 0) is 9.59 Å². The number of ether oxygens (including phenoxy) is 1. The van der Waals surface area contributed by atoms with E-state index in [1.807, 2.05) is 60.7 Å². The number of Topliss-reactive ketones (excluding diaryl/α,β-unsaturated/α-hetero) is 1. The van der Waals surface area contributed by atoms with Gasteiger partial charge in [0.05, 0.1) is 11.7 Å². The maximum absolute atomic E-state index is 12.8. The molecule has 0 saturated carbocycles. The number of anilines is 1. The second kappa shape index (κ2) is 9.69. The fraction of sp³-hybridized carbons (Fsp3) is 0.222. The molecule has 0 bridgehead atoms. The first kappa shape index (κ1) is 22.3. The molecule has 1 atom stereocenters. The van der Waals surface area contributed by atoms with Crippen molar-refractivity contribution in [1.29, 1.82) is 0 Å². The van der Waals surface area contributed by atoms with Crippen LogP contribution in [0.5, 0.6) is 5.75 Å². The number of rotatable bonds is 7. The van der Waals surface area contributed by atoms with Crippen molar-refractivity contribution in [3.8, 4) is 5.75 Å². The summed E-state index contributed by atoms with van der Waals surface area (Å²) < 4.78 is 5.61. The molecule has 1 N–H and O–H groups in total. The van der Waals surface area contributed by atoms with Gasteiger partial charge in [0.15, 0.2) is 11.9 Å². The Morgan fingerprint density at radius 3 is 2.15 bits per heavy atom. The smallest absolute Gasteiger partial charge is 0.267 e. The lowest BCUT2D eigenvalue weighted by molar-refractivity contribution is -0.125. The molecule has 6 nitrogen and oxygen atoms in total.